The minimum absolute atomic E-state index is 0.0675. The monoisotopic (exact) mass is 230 g/mol. The third kappa shape index (κ3) is 3.31. The Morgan fingerprint density at radius 2 is 1.73 bits per heavy atom. The molecule has 0 aliphatic heterocycles. The molecule has 0 aliphatic rings. The van der Waals surface area contributed by atoms with Crippen molar-refractivity contribution in [3.63, 3.8) is 0 Å². The quantitative estimate of drug-likeness (QED) is 0.684. The van der Waals surface area contributed by atoms with Crippen LogP contribution in [0.4, 0.5) is 0 Å². The van der Waals surface area contributed by atoms with Crippen molar-refractivity contribution in [2.24, 2.45) is 0 Å². The molecule has 0 spiro atoms. The maximum atomic E-state index is 5.76. The molecule has 0 N–H and O–H groups in total. The van der Waals surface area contributed by atoms with Gasteiger partial charge in [0.1, 0.15) is 0 Å². The molecule has 0 aliphatic carbocycles. The second kappa shape index (κ2) is 4.18. The van der Waals surface area contributed by atoms with Crippen LogP contribution in [0.3, 0.4) is 0 Å². The predicted molar refractivity (Wildman–Crippen MR) is 53.3 cm³/mol. The number of halogens is 1. The molecule has 0 amide bonds. The van der Waals surface area contributed by atoms with Crippen LogP contribution in [-0.4, -0.2) is 15.8 Å². The first-order valence-corrected chi connectivity index (χ1v) is 6.34. The topological polar surface area (TPSA) is 0 Å². The summed E-state index contributed by atoms with van der Waals surface area (Å²) in [7, 11) is 0. The number of hydrogen-bond acceptors (Lipinski definition) is 0. The summed E-state index contributed by atoms with van der Waals surface area (Å²) in [6.45, 7) is 4.54. The molecule has 60 valence electrons. The van der Waals surface area contributed by atoms with Gasteiger partial charge in [0.05, 0.1) is 0 Å². The normalized spacial score (nSPS) is 11.6. The Hall–Kier alpha value is 0.0684. The number of rotatable bonds is 2. The molecule has 0 saturated heterocycles. The summed E-state index contributed by atoms with van der Waals surface area (Å²) in [5.41, 5.74) is 0. The molecule has 1 aromatic rings. The van der Waals surface area contributed by atoms with Crippen molar-refractivity contribution in [1.82, 2.24) is 0 Å². The Labute approximate surface area is 79.6 Å². The van der Waals surface area contributed by atoms with Crippen LogP contribution in [0, 0.1) is 0 Å². The van der Waals surface area contributed by atoms with Crippen molar-refractivity contribution in [3.8, 4) is 0 Å². The summed E-state index contributed by atoms with van der Waals surface area (Å²) in [6.07, 6.45) is 0. The van der Waals surface area contributed by atoms with E-state index in [0.29, 0.717) is 0 Å². The van der Waals surface area contributed by atoms with Crippen molar-refractivity contribution in [1.29, 1.82) is 0 Å². The molecule has 0 saturated carbocycles. The van der Waals surface area contributed by atoms with E-state index in [0.717, 1.165) is 9.73 Å². The van der Waals surface area contributed by atoms with Gasteiger partial charge in [-0.1, -0.05) is 0 Å². The first-order valence-electron chi connectivity index (χ1n) is 3.70. The van der Waals surface area contributed by atoms with E-state index in [1.807, 2.05) is 12.1 Å². The average molecular weight is 231 g/mol. The Kier molecular flexibility index (Phi) is 3.48. The molecule has 1 aromatic carbocycles. The van der Waals surface area contributed by atoms with E-state index in [2.05, 4.69) is 26.0 Å². The molecular weight excluding hydrogens is 218 g/mol. The fraction of sp³-hybridized carbons (Fsp3) is 0.333. The SMILES string of the molecule is CC(C)[AsH]c1ccc(Cl)cc1. The summed E-state index contributed by atoms with van der Waals surface area (Å²) >= 11 is 5.83. The van der Waals surface area contributed by atoms with Gasteiger partial charge in [0.25, 0.3) is 0 Å². The Morgan fingerprint density at radius 1 is 1.18 bits per heavy atom. The molecule has 0 aromatic heterocycles. The van der Waals surface area contributed by atoms with Gasteiger partial charge in [-0.25, -0.2) is 0 Å². The molecule has 0 fully saturated rings. The molecule has 1 atom stereocenters. The zero-order chi connectivity index (χ0) is 8.27. The van der Waals surface area contributed by atoms with E-state index in [1.165, 1.54) is 4.35 Å². The van der Waals surface area contributed by atoms with Crippen LogP contribution >= 0.6 is 11.6 Å². The molecule has 1 rings (SSSR count). The van der Waals surface area contributed by atoms with Crippen LogP contribution in [-0.2, 0) is 0 Å². The first-order chi connectivity index (χ1) is 5.18. The van der Waals surface area contributed by atoms with Gasteiger partial charge in [0.15, 0.2) is 0 Å². The van der Waals surface area contributed by atoms with Gasteiger partial charge in [-0.2, -0.15) is 0 Å². The van der Waals surface area contributed by atoms with Crippen LogP contribution < -0.4 is 4.35 Å². The van der Waals surface area contributed by atoms with Gasteiger partial charge in [-0.15, -0.1) is 0 Å². The van der Waals surface area contributed by atoms with Gasteiger partial charge in [-0.05, 0) is 0 Å². The predicted octanol–water partition coefficient (Wildman–Crippen LogP) is 2.23. The van der Waals surface area contributed by atoms with Gasteiger partial charge in [0, 0.05) is 0 Å². The van der Waals surface area contributed by atoms with Crippen LogP contribution in [0.5, 0.6) is 0 Å². The molecule has 0 nitrogen and oxygen atoms in total. The minimum atomic E-state index is 0.0675. The van der Waals surface area contributed by atoms with Gasteiger partial charge < -0.3 is 0 Å². The second-order valence-corrected chi connectivity index (χ2v) is 7.48. The molecule has 0 radical (unpaired) electrons. The van der Waals surface area contributed by atoms with Crippen molar-refractivity contribution >= 4 is 31.7 Å². The zero-order valence-corrected chi connectivity index (χ0v) is 9.62. The third-order valence-corrected chi connectivity index (χ3v) is 4.16. The molecule has 1 unspecified atom stereocenters. The molecule has 0 bridgehead atoms. The van der Waals surface area contributed by atoms with E-state index in [9.17, 15) is 0 Å². The van der Waals surface area contributed by atoms with Crippen molar-refractivity contribution < 1.29 is 0 Å². The van der Waals surface area contributed by atoms with E-state index in [4.69, 9.17) is 11.6 Å². The summed E-state index contributed by atoms with van der Waals surface area (Å²) < 4.78 is 2.33. The molecule has 0 heterocycles. The van der Waals surface area contributed by atoms with Crippen molar-refractivity contribution in [2.45, 2.75) is 18.6 Å². The fourth-order valence-corrected chi connectivity index (χ4v) is 3.16. The van der Waals surface area contributed by atoms with Crippen LogP contribution in [0.15, 0.2) is 24.3 Å². The van der Waals surface area contributed by atoms with E-state index >= 15 is 0 Å². The van der Waals surface area contributed by atoms with Crippen LogP contribution in [0.25, 0.3) is 0 Å². The average Bonchev–Trinajstić information content (AvgIpc) is 1.93. The number of hydrogen-bond donors (Lipinski definition) is 0. The summed E-state index contributed by atoms with van der Waals surface area (Å²) in [4.78, 5) is 0. The summed E-state index contributed by atoms with van der Waals surface area (Å²) in [5, 5.41) is 0.837. The Morgan fingerprint density at radius 3 is 2.18 bits per heavy atom. The molecule has 2 heteroatoms. The zero-order valence-electron chi connectivity index (χ0n) is 6.76. The third-order valence-electron chi connectivity index (χ3n) is 1.30. The Bertz CT molecular complexity index is 216. The molecule has 11 heavy (non-hydrogen) atoms. The summed E-state index contributed by atoms with van der Waals surface area (Å²) in [5.74, 6) is 0. The molecular formula is C9H12AsCl. The Balaban J connectivity index is 2.66. The number of benzene rings is 1. The second-order valence-electron chi connectivity index (χ2n) is 2.81. The fourth-order valence-electron chi connectivity index (χ4n) is 0.879. The van der Waals surface area contributed by atoms with E-state index in [1.54, 1.807) is 0 Å². The van der Waals surface area contributed by atoms with E-state index in [-0.39, 0.29) is 15.8 Å². The first kappa shape index (κ1) is 9.16. The van der Waals surface area contributed by atoms with Crippen LogP contribution in [0.2, 0.25) is 9.73 Å². The van der Waals surface area contributed by atoms with Gasteiger partial charge in [-0.3, -0.25) is 0 Å². The van der Waals surface area contributed by atoms with Gasteiger partial charge in [0.2, 0.25) is 0 Å². The standard InChI is InChI=1S/C9H12AsCl/c1-7(2)10-8-3-5-9(11)6-4-8/h3-7,10H,1-2H3. The van der Waals surface area contributed by atoms with Crippen molar-refractivity contribution in [3.05, 3.63) is 29.3 Å². The van der Waals surface area contributed by atoms with E-state index < -0.39 is 0 Å². The van der Waals surface area contributed by atoms with Gasteiger partial charge >= 0.3 is 79.5 Å². The van der Waals surface area contributed by atoms with Crippen molar-refractivity contribution in [2.75, 3.05) is 0 Å². The van der Waals surface area contributed by atoms with Crippen LogP contribution in [0.1, 0.15) is 13.8 Å². The summed E-state index contributed by atoms with van der Waals surface area (Å²) in [6, 6.07) is 8.23. The maximum absolute atomic E-state index is 5.76.